The monoisotopic (exact) mass is 424 g/mol. The molecule has 1 amide bonds. The zero-order valence-corrected chi connectivity index (χ0v) is 17.2. The molecule has 0 aromatic heterocycles. The summed E-state index contributed by atoms with van der Waals surface area (Å²) in [6.45, 7) is 2.02. The summed E-state index contributed by atoms with van der Waals surface area (Å²) in [4.78, 5) is 23.6. The number of aliphatic carboxylic acids is 1. The SMILES string of the molecule is CCCCCCC(C(=O)O)S(=O)(=O)CC(=O)Nc1ccc2ccccc2c1.NO. The molecule has 2 rings (SSSR count). The van der Waals surface area contributed by atoms with E-state index in [1.165, 1.54) is 0 Å². The van der Waals surface area contributed by atoms with Crippen LogP contribution in [0.4, 0.5) is 5.69 Å². The third kappa shape index (κ3) is 7.80. The Morgan fingerprint density at radius 1 is 1.03 bits per heavy atom. The van der Waals surface area contributed by atoms with E-state index in [1.54, 1.807) is 12.1 Å². The van der Waals surface area contributed by atoms with Gasteiger partial charge in [0.1, 0.15) is 5.75 Å². The topological polar surface area (TPSA) is 147 Å². The molecule has 29 heavy (non-hydrogen) atoms. The molecule has 5 N–H and O–H groups in total. The minimum Gasteiger partial charge on any atom is -0.480 e. The van der Waals surface area contributed by atoms with Crippen molar-refractivity contribution in [3.8, 4) is 0 Å². The Balaban J connectivity index is 0.00000204. The molecule has 160 valence electrons. The first-order valence-electron chi connectivity index (χ1n) is 9.32. The van der Waals surface area contributed by atoms with Crippen molar-refractivity contribution in [3.05, 3.63) is 42.5 Å². The number of benzene rings is 2. The number of hydrogen-bond acceptors (Lipinski definition) is 6. The first-order valence-corrected chi connectivity index (χ1v) is 11.0. The fraction of sp³-hybridized carbons (Fsp3) is 0.400. The Labute approximate surface area is 170 Å². The molecule has 8 nitrogen and oxygen atoms in total. The van der Waals surface area contributed by atoms with E-state index >= 15 is 0 Å². The molecule has 2 aromatic carbocycles. The molecular weight excluding hydrogens is 396 g/mol. The molecule has 0 aliphatic heterocycles. The van der Waals surface area contributed by atoms with Gasteiger partial charge in [0.15, 0.2) is 15.1 Å². The zero-order valence-electron chi connectivity index (χ0n) is 16.4. The van der Waals surface area contributed by atoms with E-state index in [2.05, 4.69) is 11.2 Å². The van der Waals surface area contributed by atoms with Gasteiger partial charge in [-0.15, -0.1) is 0 Å². The number of amides is 1. The van der Waals surface area contributed by atoms with Gasteiger partial charge in [0, 0.05) is 5.69 Å². The second-order valence-electron chi connectivity index (χ2n) is 6.59. The lowest BCUT2D eigenvalue weighted by atomic mass is 10.1. The van der Waals surface area contributed by atoms with Gasteiger partial charge in [0.2, 0.25) is 5.91 Å². The van der Waals surface area contributed by atoms with Crippen molar-refractivity contribution in [2.24, 2.45) is 5.90 Å². The van der Waals surface area contributed by atoms with Crippen LogP contribution in [0.1, 0.15) is 39.0 Å². The molecular formula is C20H28N2O6S. The number of nitrogens with two attached hydrogens (primary N) is 1. The number of nitrogens with one attached hydrogen (secondary N) is 1. The lowest BCUT2D eigenvalue weighted by molar-refractivity contribution is -0.136. The maximum absolute atomic E-state index is 12.4. The van der Waals surface area contributed by atoms with Gasteiger partial charge in [-0.1, -0.05) is 62.9 Å². The normalized spacial score (nSPS) is 12.0. The number of carbonyl (C=O) groups excluding carboxylic acids is 1. The lowest BCUT2D eigenvalue weighted by Crippen LogP contribution is -2.36. The minimum atomic E-state index is -4.08. The van der Waals surface area contributed by atoms with Crippen LogP contribution in [0, 0.1) is 0 Å². The van der Waals surface area contributed by atoms with Gasteiger partial charge in [0.25, 0.3) is 0 Å². The largest absolute Gasteiger partial charge is 0.480 e. The first kappa shape index (κ1) is 24.5. The molecule has 0 fully saturated rings. The molecule has 1 atom stereocenters. The smallest absolute Gasteiger partial charge is 0.321 e. The zero-order chi connectivity index (χ0) is 21.9. The van der Waals surface area contributed by atoms with Crippen LogP contribution in [-0.2, 0) is 19.4 Å². The average Bonchev–Trinajstić information content (AvgIpc) is 2.68. The summed E-state index contributed by atoms with van der Waals surface area (Å²) in [5, 5.41) is 18.7. The van der Waals surface area contributed by atoms with E-state index in [0.29, 0.717) is 12.1 Å². The number of unbranched alkanes of at least 4 members (excludes halogenated alkanes) is 3. The van der Waals surface area contributed by atoms with Gasteiger partial charge in [-0.3, -0.25) is 9.59 Å². The number of carboxylic acids is 1. The highest BCUT2D eigenvalue weighted by Gasteiger charge is 2.33. The summed E-state index contributed by atoms with van der Waals surface area (Å²) < 4.78 is 24.8. The highest BCUT2D eigenvalue weighted by atomic mass is 32.2. The first-order chi connectivity index (χ1) is 13.8. The van der Waals surface area contributed by atoms with E-state index in [0.717, 1.165) is 30.0 Å². The summed E-state index contributed by atoms with van der Waals surface area (Å²) in [5.41, 5.74) is 0.476. The van der Waals surface area contributed by atoms with E-state index in [9.17, 15) is 23.1 Å². The summed E-state index contributed by atoms with van der Waals surface area (Å²) in [5.74, 6) is 0.528. The summed E-state index contributed by atoms with van der Waals surface area (Å²) >= 11 is 0. The molecule has 2 aromatic rings. The molecule has 0 saturated heterocycles. The van der Waals surface area contributed by atoms with Crippen LogP contribution in [0.3, 0.4) is 0 Å². The van der Waals surface area contributed by atoms with Gasteiger partial charge < -0.3 is 15.6 Å². The Morgan fingerprint density at radius 3 is 2.31 bits per heavy atom. The van der Waals surface area contributed by atoms with Gasteiger partial charge in [-0.25, -0.2) is 14.3 Å². The Morgan fingerprint density at radius 2 is 1.69 bits per heavy atom. The van der Waals surface area contributed by atoms with Crippen LogP contribution >= 0.6 is 0 Å². The van der Waals surface area contributed by atoms with Gasteiger partial charge in [-0.05, 0) is 29.3 Å². The molecule has 0 saturated carbocycles. The highest BCUT2D eigenvalue weighted by molar-refractivity contribution is 7.93. The second kappa shape index (κ2) is 12.2. The predicted molar refractivity (Wildman–Crippen MR) is 113 cm³/mol. The van der Waals surface area contributed by atoms with E-state index in [-0.39, 0.29) is 6.42 Å². The Kier molecular flexibility index (Phi) is 10.3. The third-order valence-electron chi connectivity index (χ3n) is 4.39. The Bertz CT molecular complexity index is 914. The predicted octanol–water partition coefficient (Wildman–Crippen LogP) is 2.95. The fourth-order valence-electron chi connectivity index (χ4n) is 2.96. The number of fused-ring (bicyclic) bond motifs is 1. The quantitative estimate of drug-likeness (QED) is 0.339. The average molecular weight is 425 g/mol. The minimum absolute atomic E-state index is 0.0287. The van der Waals surface area contributed by atoms with E-state index in [1.807, 2.05) is 37.3 Å². The van der Waals surface area contributed by atoms with Crippen molar-refractivity contribution in [2.45, 2.75) is 44.3 Å². The van der Waals surface area contributed by atoms with Crippen LogP contribution in [0.5, 0.6) is 0 Å². The van der Waals surface area contributed by atoms with Crippen LogP contribution in [0.15, 0.2) is 42.5 Å². The van der Waals surface area contributed by atoms with Crippen LogP contribution in [0.25, 0.3) is 10.8 Å². The van der Waals surface area contributed by atoms with Crippen LogP contribution < -0.4 is 11.2 Å². The molecule has 9 heteroatoms. The number of hydrogen-bond donors (Lipinski definition) is 4. The van der Waals surface area contributed by atoms with Gasteiger partial charge >= 0.3 is 5.97 Å². The molecule has 0 radical (unpaired) electrons. The fourth-order valence-corrected chi connectivity index (χ4v) is 4.43. The lowest BCUT2D eigenvalue weighted by Gasteiger charge is -2.13. The standard InChI is InChI=1S/C20H25NO5S.H3NO/c1-2-3-4-5-10-18(20(23)24)27(25,26)14-19(22)21-17-12-11-15-8-6-7-9-16(15)13-17;1-2/h6-9,11-13,18H,2-5,10,14H2,1H3,(H,21,22)(H,23,24);2H,1H2. The van der Waals surface area contributed by atoms with Crippen LogP contribution in [0.2, 0.25) is 0 Å². The van der Waals surface area contributed by atoms with Crippen molar-refractivity contribution in [1.82, 2.24) is 0 Å². The van der Waals surface area contributed by atoms with E-state index in [4.69, 9.17) is 5.21 Å². The van der Waals surface area contributed by atoms with Crippen molar-refractivity contribution >= 4 is 38.2 Å². The molecule has 0 aliphatic carbocycles. The Hall–Kier alpha value is -2.49. The van der Waals surface area contributed by atoms with Crippen LogP contribution in [-0.4, -0.2) is 41.6 Å². The van der Waals surface area contributed by atoms with Crippen molar-refractivity contribution < 1.29 is 28.3 Å². The number of carboxylic acid groups (broad SMARTS) is 1. The number of rotatable bonds is 10. The highest BCUT2D eigenvalue weighted by Crippen LogP contribution is 2.19. The van der Waals surface area contributed by atoms with Crippen molar-refractivity contribution in [1.29, 1.82) is 0 Å². The molecule has 0 aliphatic rings. The number of anilines is 1. The third-order valence-corrected chi connectivity index (χ3v) is 6.36. The van der Waals surface area contributed by atoms with E-state index < -0.39 is 32.7 Å². The molecule has 0 bridgehead atoms. The summed E-state index contributed by atoms with van der Waals surface area (Å²) in [7, 11) is -4.08. The summed E-state index contributed by atoms with van der Waals surface area (Å²) in [6.07, 6.45) is 3.21. The van der Waals surface area contributed by atoms with Gasteiger partial charge in [0.05, 0.1) is 0 Å². The molecule has 0 spiro atoms. The molecule has 1 unspecified atom stereocenters. The molecule has 0 heterocycles. The maximum Gasteiger partial charge on any atom is 0.321 e. The number of sulfone groups is 1. The van der Waals surface area contributed by atoms with Gasteiger partial charge in [-0.2, -0.15) is 0 Å². The maximum atomic E-state index is 12.4. The van der Waals surface area contributed by atoms with Crippen molar-refractivity contribution in [2.75, 3.05) is 11.1 Å². The number of carbonyl (C=O) groups is 2. The van der Waals surface area contributed by atoms with Crippen molar-refractivity contribution in [3.63, 3.8) is 0 Å². The summed E-state index contributed by atoms with van der Waals surface area (Å²) in [6, 6.07) is 12.9. The second-order valence-corrected chi connectivity index (χ2v) is 8.78.